The van der Waals surface area contributed by atoms with Gasteiger partial charge in [0.25, 0.3) is 5.69 Å². The van der Waals surface area contributed by atoms with E-state index in [1.54, 1.807) is 12.1 Å². The second kappa shape index (κ2) is 4.38. The molecule has 4 nitrogen and oxygen atoms in total. The van der Waals surface area contributed by atoms with Crippen LogP contribution in [0.25, 0.3) is 0 Å². The predicted molar refractivity (Wildman–Crippen MR) is 58.5 cm³/mol. The van der Waals surface area contributed by atoms with Gasteiger partial charge < -0.3 is 0 Å². The molecule has 0 radical (unpaired) electrons. The van der Waals surface area contributed by atoms with Crippen LogP contribution in [-0.2, 0) is 0 Å². The molecule has 1 heterocycles. The summed E-state index contributed by atoms with van der Waals surface area (Å²) in [6, 6.07) is 6.25. The Morgan fingerprint density at radius 1 is 1.44 bits per heavy atom. The van der Waals surface area contributed by atoms with Crippen LogP contribution in [0, 0.1) is 10.1 Å². The third-order valence-electron chi connectivity index (χ3n) is 2.69. The lowest BCUT2D eigenvalue weighted by Gasteiger charge is -2.05. The molecule has 2 rings (SSSR count). The summed E-state index contributed by atoms with van der Waals surface area (Å²) >= 11 is 0. The third-order valence-corrected chi connectivity index (χ3v) is 2.69. The van der Waals surface area contributed by atoms with Gasteiger partial charge in [-0.3, -0.25) is 15.1 Å². The van der Waals surface area contributed by atoms with Crippen molar-refractivity contribution in [3.8, 4) is 0 Å². The van der Waals surface area contributed by atoms with Crippen LogP contribution in [0.5, 0.6) is 0 Å². The number of non-ortho nitro benzene ring substituents is 1. The fourth-order valence-electron chi connectivity index (χ4n) is 1.81. The van der Waals surface area contributed by atoms with Crippen molar-refractivity contribution in [3.63, 3.8) is 0 Å². The molecule has 1 atom stereocenters. The Kier molecular flexibility index (Phi) is 2.94. The van der Waals surface area contributed by atoms with Crippen molar-refractivity contribution in [1.82, 2.24) is 0 Å². The molecule has 1 aliphatic heterocycles. The van der Waals surface area contributed by atoms with Crippen molar-refractivity contribution < 1.29 is 9.31 Å². The topological polar surface area (TPSA) is 55.5 Å². The summed E-state index contributed by atoms with van der Waals surface area (Å²) in [4.78, 5) is 14.2. The number of nitrogens with zero attached hydrogens (tertiary/aromatic N) is 2. The Balaban J connectivity index is 2.17. The first-order valence-electron chi connectivity index (χ1n) is 5.06. The van der Waals surface area contributed by atoms with E-state index in [2.05, 4.69) is 4.99 Å². The quantitative estimate of drug-likeness (QED) is 0.583. The van der Waals surface area contributed by atoms with Crippen molar-refractivity contribution in [1.29, 1.82) is 0 Å². The lowest BCUT2D eigenvalue weighted by Crippen LogP contribution is -1.93. The van der Waals surface area contributed by atoms with E-state index in [1.807, 2.05) is 0 Å². The van der Waals surface area contributed by atoms with E-state index in [0.29, 0.717) is 12.1 Å². The molecule has 1 aliphatic rings. The molecule has 1 unspecified atom stereocenters. The van der Waals surface area contributed by atoms with Crippen LogP contribution < -0.4 is 0 Å². The van der Waals surface area contributed by atoms with Crippen LogP contribution in [0.4, 0.5) is 10.1 Å². The van der Waals surface area contributed by atoms with Crippen molar-refractivity contribution in [3.05, 3.63) is 39.9 Å². The van der Waals surface area contributed by atoms with E-state index in [9.17, 15) is 14.5 Å². The first kappa shape index (κ1) is 10.7. The molecule has 0 amide bonds. The Bertz CT molecular complexity index is 428. The summed E-state index contributed by atoms with van der Waals surface area (Å²) in [5.41, 5.74) is 1.56. The number of benzene rings is 1. The molecule has 0 aromatic heterocycles. The zero-order valence-corrected chi connectivity index (χ0v) is 8.60. The zero-order valence-electron chi connectivity index (χ0n) is 8.60. The van der Waals surface area contributed by atoms with E-state index in [-0.39, 0.29) is 11.7 Å². The van der Waals surface area contributed by atoms with Gasteiger partial charge in [-0.25, -0.2) is 4.39 Å². The second-order valence-corrected chi connectivity index (χ2v) is 3.73. The summed E-state index contributed by atoms with van der Waals surface area (Å²) in [5, 5.41) is 10.5. The van der Waals surface area contributed by atoms with Crippen molar-refractivity contribution in [2.45, 2.75) is 18.9 Å². The Hall–Kier alpha value is -1.78. The Labute approximate surface area is 92.0 Å². The number of rotatable bonds is 3. The van der Waals surface area contributed by atoms with E-state index >= 15 is 0 Å². The number of hydrogen-bond donors (Lipinski definition) is 0. The molecule has 84 valence electrons. The molecule has 0 saturated carbocycles. The molecule has 5 heteroatoms. The predicted octanol–water partition coefficient (Wildman–Crippen LogP) is 2.84. The molecule has 0 N–H and O–H groups in total. The highest BCUT2D eigenvalue weighted by Crippen LogP contribution is 2.29. The molecule has 1 aromatic rings. The van der Waals surface area contributed by atoms with Crippen LogP contribution in [0.15, 0.2) is 29.3 Å². The van der Waals surface area contributed by atoms with E-state index in [1.165, 1.54) is 12.1 Å². The molecule has 16 heavy (non-hydrogen) atoms. The minimum atomic E-state index is -0.497. The summed E-state index contributed by atoms with van der Waals surface area (Å²) in [5.74, 6) is 0. The van der Waals surface area contributed by atoms with Gasteiger partial charge in [0.15, 0.2) is 0 Å². The maximum Gasteiger partial charge on any atom is 0.269 e. The highest BCUT2D eigenvalue weighted by atomic mass is 19.1. The van der Waals surface area contributed by atoms with Gasteiger partial charge in [0.2, 0.25) is 0 Å². The van der Waals surface area contributed by atoms with Crippen LogP contribution in [0.3, 0.4) is 0 Å². The van der Waals surface area contributed by atoms with Gasteiger partial charge in [0, 0.05) is 17.8 Å². The van der Waals surface area contributed by atoms with Gasteiger partial charge in [-0.1, -0.05) is 12.1 Å². The first-order valence-corrected chi connectivity index (χ1v) is 5.06. The number of halogens is 1. The van der Waals surface area contributed by atoms with E-state index in [0.717, 1.165) is 12.0 Å². The summed E-state index contributed by atoms with van der Waals surface area (Å²) in [7, 11) is 0. The molecule has 0 saturated heterocycles. The average molecular weight is 222 g/mol. The second-order valence-electron chi connectivity index (χ2n) is 3.73. The highest BCUT2D eigenvalue weighted by molar-refractivity contribution is 5.87. The average Bonchev–Trinajstić information content (AvgIpc) is 2.77. The first-order chi connectivity index (χ1) is 7.70. The molecule has 0 aliphatic carbocycles. The van der Waals surface area contributed by atoms with Gasteiger partial charge >= 0.3 is 0 Å². The lowest BCUT2D eigenvalue weighted by atomic mass is 10.0. The van der Waals surface area contributed by atoms with Crippen LogP contribution in [0.1, 0.15) is 24.4 Å². The van der Waals surface area contributed by atoms with Gasteiger partial charge in [-0.2, -0.15) is 0 Å². The number of aliphatic imine (C=N–C) groups is 1. The Morgan fingerprint density at radius 2 is 2.12 bits per heavy atom. The molecular weight excluding hydrogens is 211 g/mol. The van der Waals surface area contributed by atoms with Gasteiger partial charge in [-0.05, 0) is 18.4 Å². The van der Waals surface area contributed by atoms with Gasteiger partial charge in [-0.15, -0.1) is 0 Å². The maximum absolute atomic E-state index is 12.3. The Morgan fingerprint density at radius 3 is 2.62 bits per heavy atom. The normalized spacial score (nSPS) is 19.6. The third kappa shape index (κ3) is 2.08. The summed E-state index contributed by atoms with van der Waals surface area (Å²) in [6.45, 7) is -0.497. The highest BCUT2D eigenvalue weighted by Gasteiger charge is 2.19. The molecule has 0 spiro atoms. The largest absolute Gasteiger partial charge is 0.283 e. The van der Waals surface area contributed by atoms with Crippen LogP contribution in [0.2, 0.25) is 0 Å². The van der Waals surface area contributed by atoms with Gasteiger partial charge in [0.05, 0.1) is 11.0 Å². The van der Waals surface area contributed by atoms with Crippen molar-refractivity contribution in [2.75, 3.05) is 6.67 Å². The fourth-order valence-corrected chi connectivity index (χ4v) is 1.81. The minimum absolute atomic E-state index is 0.0356. The molecule has 1 aromatic carbocycles. The minimum Gasteiger partial charge on any atom is -0.283 e. The van der Waals surface area contributed by atoms with Crippen LogP contribution in [-0.4, -0.2) is 17.3 Å². The number of nitro groups is 1. The summed E-state index contributed by atoms with van der Waals surface area (Å²) < 4.78 is 12.3. The SMILES string of the molecule is O=[N+]([O-])c1ccc(C2CCC(CF)=N2)cc1. The fraction of sp³-hybridized carbons (Fsp3) is 0.364. The monoisotopic (exact) mass is 222 g/mol. The van der Waals surface area contributed by atoms with E-state index < -0.39 is 11.6 Å². The number of alkyl halides is 1. The van der Waals surface area contributed by atoms with E-state index in [4.69, 9.17) is 0 Å². The standard InChI is InChI=1S/C11H11FN2O2/c12-7-9-3-6-11(13-9)8-1-4-10(5-2-8)14(15)16/h1-2,4-5,11H,3,6-7H2. The van der Waals surface area contributed by atoms with Crippen molar-refractivity contribution >= 4 is 11.4 Å². The molecule has 0 bridgehead atoms. The number of nitro benzene ring substituents is 1. The number of hydrogen-bond acceptors (Lipinski definition) is 3. The lowest BCUT2D eigenvalue weighted by molar-refractivity contribution is -0.384. The molecular formula is C11H11FN2O2. The van der Waals surface area contributed by atoms with Gasteiger partial charge in [0.1, 0.15) is 6.67 Å². The van der Waals surface area contributed by atoms with Crippen molar-refractivity contribution in [2.24, 2.45) is 4.99 Å². The zero-order chi connectivity index (χ0) is 11.5. The maximum atomic E-state index is 12.3. The smallest absolute Gasteiger partial charge is 0.269 e. The summed E-state index contributed by atoms with van der Waals surface area (Å²) in [6.07, 6.45) is 1.47. The van der Waals surface area contributed by atoms with Crippen LogP contribution >= 0.6 is 0 Å². The molecule has 0 fully saturated rings.